The smallest absolute Gasteiger partial charge is 0.339 e. The van der Waals surface area contributed by atoms with Crippen LogP contribution in [-0.2, 0) is 14.4 Å². The van der Waals surface area contributed by atoms with Crippen molar-refractivity contribution in [1.82, 2.24) is 5.43 Å². The Labute approximate surface area is 122 Å². The molecule has 0 aromatic rings. The van der Waals surface area contributed by atoms with E-state index in [1.54, 1.807) is 12.2 Å². The lowest BCUT2D eigenvalue weighted by Crippen LogP contribution is -2.25. The summed E-state index contributed by atoms with van der Waals surface area (Å²) in [6.07, 6.45) is 9.46. The summed E-state index contributed by atoms with van der Waals surface area (Å²) in [4.78, 5) is 16.3. The van der Waals surface area contributed by atoms with Crippen LogP contribution in [0.5, 0.6) is 0 Å². The van der Waals surface area contributed by atoms with Crippen molar-refractivity contribution in [3.05, 3.63) is 46.4 Å². The number of hydrogen-bond donors (Lipinski definition) is 2. The second kappa shape index (κ2) is 8.19. The average molecular weight is 298 g/mol. The van der Waals surface area contributed by atoms with Gasteiger partial charge in [-0.25, -0.2) is 10.6 Å². The summed E-state index contributed by atoms with van der Waals surface area (Å²) in [7, 11) is 1.27. The molecule has 0 saturated heterocycles. The van der Waals surface area contributed by atoms with Crippen LogP contribution >= 0.6 is 11.6 Å². The van der Waals surface area contributed by atoms with Crippen molar-refractivity contribution in [1.29, 1.82) is 0 Å². The SMILES string of the molecule is COC(=O)/C(C)=C(\NN)O/N=C/C1=CC=C(Cl)C=CC1. The number of hydrazine groups is 1. The normalized spacial score (nSPS) is 16.0. The third-order valence-electron chi connectivity index (χ3n) is 2.41. The highest BCUT2D eigenvalue weighted by atomic mass is 35.5. The molecule has 0 aliphatic heterocycles. The number of nitrogens with zero attached hydrogens (tertiary/aromatic N) is 1. The van der Waals surface area contributed by atoms with E-state index in [2.05, 4.69) is 15.3 Å². The van der Waals surface area contributed by atoms with Crippen molar-refractivity contribution in [2.24, 2.45) is 11.0 Å². The highest BCUT2D eigenvalue weighted by Crippen LogP contribution is 2.12. The van der Waals surface area contributed by atoms with Crippen molar-refractivity contribution in [3.63, 3.8) is 0 Å². The number of rotatable bonds is 5. The van der Waals surface area contributed by atoms with Crippen LogP contribution < -0.4 is 11.3 Å². The average Bonchev–Trinajstić information content (AvgIpc) is 2.67. The lowest BCUT2D eigenvalue weighted by atomic mass is 10.2. The number of carbonyl (C=O) groups is 1. The number of ether oxygens (including phenoxy) is 1. The van der Waals surface area contributed by atoms with Crippen LogP contribution in [-0.4, -0.2) is 19.3 Å². The van der Waals surface area contributed by atoms with E-state index in [0.29, 0.717) is 11.5 Å². The molecular formula is C13H16ClN3O3. The van der Waals surface area contributed by atoms with Crippen LogP contribution in [0.3, 0.4) is 0 Å². The number of nitrogens with one attached hydrogen (secondary N) is 1. The zero-order chi connectivity index (χ0) is 15.0. The summed E-state index contributed by atoms with van der Waals surface area (Å²) in [6.45, 7) is 1.51. The van der Waals surface area contributed by atoms with Gasteiger partial charge in [0, 0.05) is 5.03 Å². The van der Waals surface area contributed by atoms with Crippen LogP contribution in [0, 0.1) is 0 Å². The molecule has 0 amide bonds. The Morgan fingerprint density at radius 1 is 1.55 bits per heavy atom. The van der Waals surface area contributed by atoms with Gasteiger partial charge in [-0.1, -0.05) is 28.9 Å². The van der Waals surface area contributed by atoms with Gasteiger partial charge in [0.1, 0.15) is 0 Å². The fraction of sp³-hybridized carbons (Fsp3) is 0.231. The minimum absolute atomic E-state index is 0.0199. The number of carbonyl (C=O) groups excluding carboxylic acids is 1. The Bertz CT molecular complexity index is 519. The highest BCUT2D eigenvalue weighted by molar-refractivity contribution is 6.31. The Kier molecular flexibility index (Phi) is 6.55. The molecule has 7 heteroatoms. The summed E-state index contributed by atoms with van der Waals surface area (Å²) in [5.41, 5.74) is 3.33. The van der Waals surface area contributed by atoms with E-state index in [0.717, 1.165) is 5.57 Å². The molecule has 6 nitrogen and oxygen atoms in total. The van der Waals surface area contributed by atoms with Gasteiger partial charge in [-0.3, -0.25) is 5.43 Å². The van der Waals surface area contributed by atoms with E-state index < -0.39 is 5.97 Å². The maximum atomic E-state index is 11.3. The molecule has 108 valence electrons. The summed E-state index contributed by atoms with van der Waals surface area (Å²) >= 11 is 5.85. The minimum atomic E-state index is -0.556. The van der Waals surface area contributed by atoms with E-state index in [9.17, 15) is 4.79 Å². The van der Waals surface area contributed by atoms with Gasteiger partial charge in [-0.2, -0.15) is 0 Å². The monoisotopic (exact) mass is 297 g/mol. The molecule has 1 aliphatic carbocycles. The summed E-state index contributed by atoms with van der Waals surface area (Å²) in [5.74, 6) is 4.73. The lowest BCUT2D eigenvalue weighted by molar-refractivity contribution is -0.136. The first kappa shape index (κ1) is 16.0. The van der Waals surface area contributed by atoms with Crippen LogP contribution in [0.25, 0.3) is 0 Å². The molecule has 0 heterocycles. The number of nitrogens with two attached hydrogens (primary N) is 1. The van der Waals surface area contributed by atoms with Gasteiger partial charge in [-0.15, -0.1) is 0 Å². The van der Waals surface area contributed by atoms with Gasteiger partial charge in [0.05, 0.1) is 18.9 Å². The molecule has 1 rings (SSSR count). The molecule has 0 saturated carbocycles. The standard InChI is InChI=1S/C13H16ClN3O3/c1-9(13(18)19-2)12(17-15)20-16-8-10-4-3-5-11(14)7-6-10/h3,5-8,17H,4,15H2,1-2H3/b12-9+,16-8+. The van der Waals surface area contributed by atoms with Gasteiger partial charge in [0.2, 0.25) is 5.88 Å². The number of esters is 1. The molecule has 1 aliphatic rings. The van der Waals surface area contributed by atoms with E-state index in [4.69, 9.17) is 22.3 Å². The van der Waals surface area contributed by atoms with Gasteiger partial charge >= 0.3 is 5.97 Å². The number of methoxy groups -OCH3 is 1. The molecule has 20 heavy (non-hydrogen) atoms. The fourth-order valence-corrected chi connectivity index (χ4v) is 1.46. The first-order chi connectivity index (χ1) is 9.58. The molecule has 3 N–H and O–H groups in total. The third-order valence-corrected chi connectivity index (χ3v) is 2.67. The number of allylic oxidation sites excluding steroid dienone is 6. The second-order valence-corrected chi connectivity index (χ2v) is 4.25. The molecule has 0 aromatic carbocycles. The van der Waals surface area contributed by atoms with Crippen molar-refractivity contribution >= 4 is 23.8 Å². The van der Waals surface area contributed by atoms with E-state index in [1.807, 2.05) is 12.2 Å². The molecule has 0 fully saturated rings. The molecule has 0 radical (unpaired) electrons. The van der Waals surface area contributed by atoms with Gasteiger partial charge < -0.3 is 9.57 Å². The van der Waals surface area contributed by atoms with Crippen LogP contribution in [0.4, 0.5) is 0 Å². The number of oxime groups is 1. The first-order valence-electron chi connectivity index (χ1n) is 5.77. The third kappa shape index (κ3) is 4.91. The maximum absolute atomic E-state index is 11.3. The Balaban J connectivity index is 2.72. The molecule has 0 spiro atoms. The predicted molar refractivity (Wildman–Crippen MR) is 77.4 cm³/mol. The van der Waals surface area contributed by atoms with Crippen LogP contribution in [0.2, 0.25) is 0 Å². The van der Waals surface area contributed by atoms with E-state index in [1.165, 1.54) is 20.2 Å². The maximum Gasteiger partial charge on any atom is 0.339 e. The number of hydrogen-bond acceptors (Lipinski definition) is 6. The topological polar surface area (TPSA) is 85.9 Å². The van der Waals surface area contributed by atoms with Crippen molar-refractivity contribution in [2.45, 2.75) is 13.3 Å². The van der Waals surface area contributed by atoms with Gasteiger partial charge in [0.15, 0.2) is 0 Å². The minimum Gasteiger partial charge on any atom is -0.466 e. The quantitative estimate of drug-likeness (QED) is 0.202. The summed E-state index contributed by atoms with van der Waals surface area (Å²) < 4.78 is 4.55. The predicted octanol–water partition coefficient (Wildman–Crippen LogP) is 1.87. The summed E-state index contributed by atoms with van der Waals surface area (Å²) in [5, 5.41) is 4.40. The van der Waals surface area contributed by atoms with E-state index in [-0.39, 0.29) is 11.5 Å². The van der Waals surface area contributed by atoms with Crippen LogP contribution in [0.1, 0.15) is 13.3 Å². The number of halogens is 1. The Hall–Kier alpha value is -2.05. The molecule has 0 aromatic heterocycles. The first-order valence-corrected chi connectivity index (χ1v) is 6.15. The van der Waals surface area contributed by atoms with E-state index >= 15 is 0 Å². The highest BCUT2D eigenvalue weighted by Gasteiger charge is 2.11. The van der Waals surface area contributed by atoms with Gasteiger partial charge in [-0.05, 0) is 31.1 Å². The molecular weight excluding hydrogens is 282 g/mol. The fourth-order valence-electron chi connectivity index (χ4n) is 1.31. The Morgan fingerprint density at radius 3 is 2.95 bits per heavy atom. The molecule has 0 atom stereocenters. The molecule has 0 unspecified atom stereocenters. The largest absolute Gasteiger partial charge is 0.466 e. The molecule has 0 bridgehead atoms. The van der Waals surface area contributed by atoms with Crippen molar-refractivity contribution in [3.8, 4) is 0 Å². The van der Waals surface area contributed by atoms with Crippen molar-refractivity contribution < 1.29 is 14.4 Å². The lowest BCUT2D eigenvalue weighted by Gasteiger charge is -2.06. The van der Waals surface area contributed by atoms with Gasteiger partial charge in [0.25, 0.3) is 0 Å². The van der Waals surface area contributed by atoms with Crippen LogP contribution in [0.15, 0.2) is 51.5 Å². The Morgan fingerprint density at radius 2 is 2.30 bits per heavy atom. The second-order valence-electron chi connectivity index (χ2n) is 3.82. The van der Waals surface area contributed by atoms with Crippen molar-refractivity contribution in [2.75, 3.05) is 7.11 Å². The summed E-state index contributed by atoms with van der Waals surface area (Å²) in [6, 6.07) is 0. The zero-order valence-corrected chi connectivity index (χ0v) is 12.0. The zero-order valence-electron chi connectivity index (χ0n) is 11.2.